The van der Waals surface area contributed by atoms with Gasteiger partial charge in [-0.3, -0.25) is 9.59 Å². The average molecular weight is 418 g/mol. The largest absolute Gasteiger partial charge is 0.497 e. The topological polar surface area (TPSA) is 67.9 Å². The highest BCUT2D eigenvalue weighted by Crippen LogP contribution is 2.36. The van der Waals surface area contributed by atoms with Crippen LogP contribution in [0.5, 0.6) is 11.5 Å². The molecule has 1 aliphatic rings. The van der Waals surface area contributed by atoms with Crippen LogP contribution in [-0.2, 0) is 9.59 Å². The van der Waals surface area contributed by atoms with Gasteiger partial charge in [-0.2, -0.15) is 0 Å². The summed E-state index contributed by atoms with van der Waals surface area (Å²) in [5, 5.41) is 5.37. The second-order valence-corrected chi connectivity index (χ2v) is 7.78. The maximum absolute atomic E-state index is 12.9. The highest BCUT2D eigenvalue weighted by Gasteiger charge is 2.36. The summed E-state index contributed by atoms with van der Waals surface area (Å²) in [5.41, 5.74) is 1.68. The Kier molecular flexibility index (Phi) is 5.80. The van der Waals surface area contributed by atoms with E-state index in [0.29, 0.717) is 23.7 Å². The minimum Gasteiger partial charge on any atom is -0.497 e. The van der Waals surface area contributed by atoms with Crippen LogP contribution >= 0.6 is 0 Å². The number of carbonyl (C=O) groups excluding carboxylic acids is 2. The lowest BCUT2D eigenvalue weighted by molar-refractivity contribution is -0.126. The van der Waals surface area contributed by atoms with Gasteiger partial charge in [0.2, 0.25) is 11.8 Å². The molecular weight excluding hydrogens is 392 g/mol. The van der Waals surface area contributed by atoms with E-state index in [4.69, 9.17) is 9.47 Å². The zero-order valence-electron chi connectivity index (χ0n) is 17.9. The van der Waals surface area contributed by atoms with E-state index in [2.05, 4.69) is 29.6 Å². The summed E-state index contributed by atoms with van der Waals surface area (Å²) in [6.45, 7) is 2.28. The van der Waals surface area contributed by atoms with Gasteiger partial charge in [-0.15, -0.1) is 0 Å². The minimum absolute atomic E-state index is 0.0954. The first kappa shape index (κ1) is 20.7. The number of carbonyl (C=O) groups is 2. The number of benzene rings is 3. The molecule has 0 spiro atoms. The summed E-state index contributed by atoms with van der Waals surface area (Å²) in [5.74, 6) is 0.553. The predicted molar refractivity (Wildman–Crippen MR) is 121 cm³/mol. The minimum atomic E-state index is -0.415. The summed E-state index contributed by atoms with van der Waals surface area (Å²) >= 11 is 0. The van der Waals surface area contributed by atoms with Crippen LogP contribution in [0.15, 0.2) is 60.7 Å². The number of rotatable bonds is 6. The number of anilines is 1. The summed E-state index contributed by atoms with van der Waals surface area (Å²) in [6.07, 6.45) is 0.172. The molecule has 6 nitrogen and oxygen atoms in total. The maximum Gasteiger partial charge on any atom is 0.227 e. The van der Waals surface area contributed by atoms with Crippen LogP contribution in [0.25, 0.3) is 10.8 Å². The van der Waals surface area contributed by atoms with Crippen LogP contribution in [0.1, 0.15) is 24.9 Å². The van der Waals surface area contributed by atoms with Crippen LogP contribution in [0.4, 0.5) is 5.69 Å². The van der Waals surface area contributed by atoms with Crippen LogP contribution < -0.4 is 19.7 Å². The van der Waals surface area contributed by atoms with E-state index in [9.17, 15) is 9.59 Å². The number of fused-ring (bicyclic) bond motifs is 1. The molecule has 0 radical (unpaired) electrons. The van der Waals surface area contributed by atoms with E-state index >= 15 is 0 Å². The Hall–Kier alpha value is -3.54. The van der Waals surface area contributed by atoms with Gasteiger partial charge in [0.25, 0.3) is 0 Å². The average Bonchev–Trinajstić information content (AvgIpc) is 3.19. The Bertz CT molecular complexity index is 1130. The van der Waals surface area contributed by atoms with E-state index in [1.807, 2.05) is 25.1 Å². The van der Waals surface area contributed by atoms with E-state index < -0.39 is 5.92 Å². The van der Waals surface area contributed by atoms with Crippen molar-refractivity contribution in [2.45, 2.75) is 19.4 Å². The van der Waals surface area contributed by atoms with Crippen molar-refractivity contribution < 1.29 is 19.1 Å². The van der Waals surface area contributed by atoms with Crippen molar-refractivity contribution in [2.75, 3.05) is 25.7 Å². The van der Waals surface area contributed by atoms with Gasteiger partial charge < -0.3 is 19.7 Å². The van der Waals surface area contributed by atoms with Gasteiger partial charge in [-0.1, -0.05) is 36.4 Å². The molecule has 1 fully saturated rings. The fourth-order valence-electron chi connectivity index (χ4n) is 4.02. The van der Waals surface area contributed by atoms with Crippen molar-refractivity contribution >= 4 is 28.3 Å². The molecule has 0 aromatic heterocycles. The third-order valence-electron chi connectivity index (χ3n) is 5.81. The standard InChI is InChI=1S/C25H26N2O4/c1-16(18-9-8-17-6-4-5-7-19(17)12-18)26-25(29)20-13-24(28)27(15-20)22-11-10-21(30-2)14-23(22)31-3/h4-12,14,16,20H,13,15H2,1-3H3,(H,26,29). The lowest BCUT2D eigenvalue weighted by Crippen LogP contribution is -2.34. The molecule has 1 N–H and O–H groups in total. The monoisotopic (exact) mass is 418 g/mol. The number of methoxy groups -OCH3 is 2. The van der Waals surface area contributed by atoms with Crippen molar-refractivity contribution in [3.8, 4) is 11.5 Å². The highest BCUT2D eigenvalue weighted by molar-refractivity contribution is 6.01. The fourth-order valence-corrected chi connectivity index (χ4v) is 4.02. The lowest BCUT2D eigenvalue weighted by Gasteiger charge is -2.21. The molecule has 1 aliphatic heterocycles. The molecule has 3 aromatic carbocycles. The maximum atomic E-state index is 12.9. The molecule has 0 saturated carbocycles. The molecule has 160 valence electrons. The molecular formula is C25H26N2O4. The summed E-state index contributed by atoms with van der Waals surface area (Å²) in [7, 11) is 3.13. The summed E-state index contributed by atoms with van der Waals surface area (Å²) in [6, 6.07) is 19.5. The van der Waals surface area contributed by atoms with Gasteiger partial charge >= 0.3 is 0 Å². The van der Waals surface area contributed by atoms with Crippen molar-refractivity contribution in [3.05, 3.63) is 66.2 Å². The zero-order valence-corrected chi connectivity index (χ0v) is 17.9. The van der Waals surface area contributed by atoms with Gasteiger partial charge in [0, 0.05) is 19.0 Å². The summed E-state index contributed by atoms with van der Waals surface area (Å²) in [4.78, 5) is 27.2. The number of ether oxygens (including phenoxy) is 2. The normalized spacial score (nSPS) is 16.9. The lowest BCUT2D eigenvalue weighted by atomic mass is 10.0. The predicted octanol–water partition coefficient (Wildman–Crippen LogP) is 4.09. The molecule has 2 atom stereocenters. The fraction of sp³-hybridized carbons (Fsp3) is 0.280. The molecule has 31 heavy (non-hydrogen) atoms. The van der Waals surface area contributed by atoms with Crippen molar-refractivity contribution in [2.24, 2.45) is 5.92 Å². The third-order valence-corrected chi connectivity index (χ3v) is 5.81. The molecule has 6 heteroatoms. The van der Waals surface area contributed by atoms with Gasteiger partial charge in [0.1, 0.15) is 11.5 Å². The first-order chi connectivity index (χ1) is 15.0. The van der Waals surface area contributed by atoms with Crippen molar-refractivity contribution in [1.82, 2.24) is 5.32 Å². The van der Waals surface area contributed by atoms with Crippen LogP contribution in [0.3, 0.4) is 0 Å². The molecule has 0 bridgehead atoms. The van der Waals surface area contributed by atoms with Gasteiger partial charge in [-0.05, 0) is 41.5 Å². The van der Waals surface area contributed by atoms with Crippen molar-refractivity contribution in [1.29, 1.82) is 0 Å². The van der Waals surface area contributed by atoms with Gasteiger partial charge in [0.05, 0.1) is 31.9 Å². The van der Waals surface area contributed by atoms with E-state index in [1.165, 1.54) is 0 Å². The molecule has 1 heterocycles. The summed E-state index contributed by atoms with van der Waals surface area (Å²) < 4.78 is 10.7. The molecule has 3 aromatic rings. The molecule has 4 rings (SSSR count). The van der Waals surface area contributed by atoms with E-state index in [0.717, 1.165) is 16.3 Å². The van der Waals surface area contributed by atoms with Crippen molar-refractivity contribution in [3.63, 3.8) is 0 Å². The van der Waals surface area contributed by atoms with Gasteiger partial charge in [0.15, 0.2) is 0 Å². The smallest absolute Gasteiger partial charge is 0.227 e. The number of nitrogens with one attached hydrogen (secondary N) is 1. The third kappa shape index (κ3) is 4.19. The van der Waals surface area contributed by atoms with Crippen LogP contribution in [-0.4, -0.2) is 32.6 Å². The Morgan fingerprint density at radius 3 is 2.55 bits per heavy atom. The van der Waals surface area contributed by atoms with Gasteiger partial charge in [-0.25, -0.2) is 0 Å². The second kappa shape index (κ2) is 8.68. The zero-order chi connectivity index (χ0) is 22.0. The highest BCUT2D eigenvalue weighted by atomic mass is 16.5. The van der Waals surface area contributed by atoms with Crippen LogP contribution in [0.2, 0.25) is 0 Å². The Morgan fingerprint density at radius 1 is 1.03 bits per heavy atom. The first-order valence-electron chi connectivity index (χ1n) is 10.3. The molecule has 2 unspecified atom stereocenters. The quantitative estimate of drug-likeness (QED) is 0.655. The number of hydrogen-bond acceptors (Lipinski definition) is 4. The van der Waals surface area contributed by atoms with Crippen LogP contribution in [0, 0.1) is 5.92 Å². The van der Waals surface area contributed by atoms with E-state index in [1.54, 1.807) is 37.3 Å². The Labute approximate surface area is 181 Å². The number of amides is 2. The first-order valence-corrected chi connectivity index (χ1v) is 10.3. The molecule has 1 saturated heterocycles. The second-order valence-electron chi connectivity index (χ2n) is 7.78. The molecule has 2 amide bonds. The Balaban J connectivity index is 1.46. The SMILES string of the molecule is COc1ccc(N2CC(C(=O)NC(C)c3ccc4ccccc4c3)CC2=O)c(OC)c1. The number of hydrogen-bond donors (Lipinski definition) is 1. The Morgan fingerprint density at radius 2 is 1.81 bits per heavy atom. The van der Waals surface area contributed by atoms with E-state index in [-0.39, 0.29) is 24.3 Å². The number of nitrogens with zero attached hydrogens (tertiary/aromatic N) is 1. The molecule has 0 aliphatic carbocycles.